The standard InChI is InChI=1S/C2HF5NOP/c3-1(4,5)2(6,7)8-10-9/h(H,8,9)/p+1. The van der Waals surface area contributed by atoms with Crippen molar-refractivity contribution in [1.82, 2.24) is 5.09 Å². The molecule has 1 atom stereocenters. The lowest BCUT2D eigenvalue weighted by Crippen LogP contribution is -2.45. The normalized spacial score (nSPS) is 14.1. The highest BCUT2D eigenvalue weighted by Gasteiger charge is 2.60. The molecule has 0 aliphatic carbocycles. The first-order valence-corrected chi connectivity index (χ1v) is 2.81. The molecule has 0 aliphatic heterocycles. The molecule has 8 heteroatoms. The molecule has 1 unspecified atom stereocenters. The molecule has 10 heavy (non-hydrogen) atoms. The molecule has 0 aliphatic rings. The predicted octanol–water partition coefficient (Wildman–Crippen LogP) is 1.67. The van der Waals surface area contributed by atoms with E-state index in [2.05, 4.69) is 0 Å². The predicted molar refractivity (Wildman–Crippen MR) is 23.1 cm³/mol. The van der Waals surface area contributed by atoms with Crippen LogP contribution >= 0.6 is 8.61 Å². The number of hydrogen-bond donors (Lipinski definition) is 1. The first-order valence-electron chi connectivity index (χ1n) is 1.90. The summed E-state index contributed by atoms with van der Waals surface area (Å²) in [6, 6.07) is -5.06. The summed E-state index contributed by atoms with van der Waals surface area (Å²) in [5.41, 5.74) is 0. The Bertz CT molecular complexity index is 132. The van der Waals surface area contributed by atoms with Gasteiger partial charge in [0.05, 0.1) is 0 Å². The molecule has 0 saturated carbocycles. The third-order valence-electron chi connectivity index (χ3n) is 0.564. The van der Waals surface area contributed by atoms with Gasteiger partial charge in [0, 0.05) is 0 Å². The van der Waals surface area contributed by atoms with Crippen molar-refractivity contribution in [2.24, 2.45) is 0 Å². The average molecular weight is 182 g/mol. The first-order chi connectivity index (χ1) is 4.31. The fraction of sp³-hybridized carbons (Fsp3) is 1.00. The molecule has 1 N–H and O–H groups in total. The highest BCUT2D eigenvalue weighted by Crippen LogP contribution is 2.33. The SMILES string of the molecule is O=[PH+]NC(F)(F)C(F)(F)F. The van der Waals surface area contributed by atoms with Crippen LogP contribution in [0.3, 0.4) is 0 Å². The van der Waals surface area contributed by atoms with Crippen molar-refractivity contribution >= 4 is 8.61 Å². The topological polar surface area (TPSA) is 29.1 Å². The number of nitrogens with one attached hydrogen (secondary N) is 1. The van der Waals surface area contributed by atoms with E-state index >= 15 is 0 Å². The molecule has 0 spiro atoms. The van der Waals surface area contributed by atoms with Gasteiger partial charge in [-0.2, -0.15) is 22.0 Å². The van der Waals surface area contributed by atoms with Gasteiger partial charge >= 0.3 is 20.8 Å². The maximum Gasteiger partial charge on any atom is 0.472 e. The maximum absolute atomic E-state index is 11.5. The Morgan fingerprint density at radius 1 is 1.10 bits per heavy atom. The minimum Gasteiger partial charge on any atom is -0.174 e. The zero-order valence-corrected chi connectivity index (χ0v) is 5.30. The van der Waals surface area contributed by atoms with Crippen LogP contribution in [0.2, 0.25) is 0 Å². The van der Waals surface area contributed by atoms with Crippen LogP contribution in [0.15, 0.2) is 0 Å². The summed E-state index contributed by atoms with van der Waals surface area (Å²) in [6.45, 7) is 0. The second-order valence-electron chi connectivity index (χ2n) is 1.30. The Morgan fingerprint density at radius 2 is 1.50 bits per heavy atom. The number of hydrogen-bond acceptors (Lipinski definition) is 1. The van der Waals surface area contributed by atoms with Crippen molar-refractivity contribution in [2.75, 3.05) is 0 Å². The molecule has 0 radical (unpaired) electrons. The summed E-state index contributed by atoms with van der Waals surface area (Å²) in [6.07, 6.45) is -5.69. The highest BCUT2D eigenvalue weighted by atomic mass is 31.1. The Balaban J connectivity index is 4.23. The van der Waals surface area contributed by atoms with Gasteiger partial charge < -0.3 is 0 Å². The number of rotatable bonds is 2. The van der Waals surface area contributed by atoms with Gasteiger partial charge in [0.25, 0.3) is 0 Å². The van der Waals surface area contributed by atoms with Gasteiger partial charge in [-0.1, -0.05) is 4.57 Å². The van der Waals surface area contributed by atoms with Crippen LogP contribution in [0.5, 0.6) is 0 Å². The lowest BCUT2D eigenvalue weighted by molar-refractivity contribution is -0.286. The van der Waals surface area contributed by atoms with E-state index in [9.17, 15) is 26.5 Å². The van der Waals surface area contributed by atoms with E-state index in [4.69, 9.17) is 0 Å². The van der Waals surface area contributed by atoms with Crippen molar-refractivity contribution in [3.05, 3.63) is 0 Å². The first kappa shape index (κ1) is 9.71. The average Bonchev–Trinajstić information content (AvgIpc) is 1.61. The van der Waals surface area contributed by atoms with Gasteiger partial charge in [0.2, 0.25) is 0 Å². The van der Waals surface area contributed by atoms with Gasteiger partial charge in [-0.15, -0.1) is 0 Å². The Morgan fingerprint density at radius 3 is 1.60 bits per heavy atom. The molecular weight excluding hydrogens is 180 g/mol. The maximum atomic E-state index is 11.5. The summed E-state index contributed by atoms with van der Waals surface area (Å²) >= 11 is 0. The summed E-state index contributed by atoms with van der Waals surface area (Å²) < 4.78 is 65.6. The largest absolute Gasteiger partial charge is 0.472 e. The van der Waals surface area contributed by atoms with Crippen LogP contribution < -0.4 is 5.09 Å². The molecule has 0 bridgehead atoms. The molecule has 0 rings (SSSR count). The summed E-state index contributed by atoms with van der Waals surface area (Å²) in [5.74, 6) is 0. The molecule has 0 fully saturated rings. The zero-order chi connectivity index (χ0) is 8.41. The van der Waals surface area contributed by atoms with Crippen LogP contribution in [-0.2, 0) is 4.57 Å². The zero-order valence-electron chi connectivity index (χ0n) is 4.30. The van der Waals surface area contributed by atoms with Crippen molar-refractivity contribution in [3.8, 4) is 0 Å². The minimum absolute atomic E-state index is 0.476. The monoisotopic (exact) mass is 182 g/mol. The van der Waals surface area contributed by atoms with E-state index in [0.717, 1.165) is 0 Å². The fourth-order valence-electron chi connectivity index (χ4n) is 0.135. The van der Waals surface area contributed by atoms with Crippen molar-refractivity contribution in [1.29, 1.82) is 0 Å². The second kappa shape index (κ2) is 2.75. The van der Waals surface area contributed by atoms with Crippen molar-refractivity contribution in [2.45, 2.75) is 12.2 Å². The summed E-state index contributed by atoms with van der Waals surface area (Å²) in [5, 5.41) is 0.476. The lowest BCUT2D eigenvalue weighted by Gasteiger charge is -2.13. The molecule has 60 valence electrons. The fourth-order valence-corrected chi connectivity index (χ4v) is 0.405. The molecule has 0 aromatic heterocycles. The Labute approximate surface area is 53.7 Å². The van der Waals surface area contributed by atoms with Gasteiger partial charge in [-0.05, 0) is 5.09 Å². The van der Waals surface area contributed by atoms with E-state index < -0.39 is 20.8 Å². The summed E-state index contributed by atoms with van der Waals surface area (Å²) in [4.78, 5) is 0. The molecule has 2 nitrogen and oxygen atoms in total. The molecule has 0 aromatic carbocycles. The molecule has 0 saturated heterocycles. The molecule has 0 aromatic rings. The van der Waals surface area contributed by atoms with E-state index in [-0.39, 0.29) is 0 Å². The van der Waals surface area contributed by atoms with E-state index in [1.165, 1.54) is 0 Å². The van der Waals surface area contributed by atoms with Crippen LogP contribution in [-0.4, -0.2) is 12.2 Å². The molecular formula is C2H2F5NOP+. The highest BCUT2D eigenvalue weighted by molar-refractivity contribution is 7.21. The van der Waals surface area contributed by atoms with Gasteiger partial charge in [0.15, 0.2) is 0 Å². The van der Waals surface area contributed by atoms with Gasteiger partial charge in [-0.25, -0.2) is 0 Å². The Kier molecular flexibility index (Phi) is 2.67. The Hall–Kier alpha value is -0.290. The minimum atomic E-state index is -5.69. The van der Waals surface area contributed by atoms with Crippen LogP contribution in [0, 0.1) is 0 Å². The quantitative estimate of drug-likeness (QED) is 0.399. The smallest absolute Gasteiger partial charge is 0.174 e. The van der Waals surface area contributed by atoms with Gasteiger partial charge in [0.1, 0.15) is 0 Å². The van der Waals surface area contributed by atoms with Crippen LogP contribution in [0.4, 0.5) is 22.0 Å². The van der Waals surface area contributed by atoms with Crippen LogP contribution in [0.1, 0.15) is 0 Å². The summed E-state index contributed by atoms with van der Waals surface area (Å²) in [7, 11) is -1.89. The number of alkyl halides is 5. The molecule has 0 heterocycles. The third-order valence-corrected chi connectivity index (χ3v) is 0.980. The van der Waals surface area contributed by atoms with Crippen LogP contribution in [0.25, 0.3) is 0 Å². The van der Waals surface area contributed by atoms with E-state index in [1.54, 1.807) is 0 Å². The third kappa shape index (κ3) is 2.15. The van der Waals surface area contributed by atoms with Gasteiger partial charge in [-0.3, -0.25) is 0 Å². The molecule has 0 amide bonds. The van der Waals surface area contributed by atoms with E-state index in [1.807, 2.05) is 0 Å². The van der Waals surface area contributed by atoms with E-state index in [0.29, 0.717) is 5.09 Å². The lowest BCUT2D eigenvalue weighted by atomic mass is 10.6. The van der Waals surface area contributed by atoms with Crippen molar-refractivity contribution < 1.29 is 26.5 Å². The number of halogens is 5. The second-order valence-corrected chi connectivity index (χ2v) is 1.75. The van der Waals surface area contributed by atoms with Crippen molar-refractivity contribution in [3.63, 3.8) is 0 Å².